The fourth-order valence-electron chi connectivity index (χ4n) is 4.00. The molecule has 3 aromatic carbocycles. The Labute approximate surface area is 238 Å². The third-order valence-corrected chi connectivity index (χ3v) is 6.69. The minimum atomic E-state index is -0.455. The number of H-pyrrole nitrogens is 1. The van der Waals surface area contributed by atoms with Crippen LogP contribution in [0.25, 0.3) is 17.0 Å². The number of aromatic nitrogens is 1. The molecule has 0 unspecified atom stereocenters. The van der Waals surface area contributed by atoms with Gasteiger partial charge in [-0.3, -0.25) is 14.9 Å². The molecule has 1 aromatic heterocycles. The number of amides is 1. The Morgan fingerprint density at radius 1 is 1.18 bits per heavy atom. The number of benzene rings is 3. The highest BCUT2D eigenvalue weighted by Crippen LogP contribution is 2.35. The Kier molecular flexibility index (Phi) is 9.17. The number of halogens is 1. The molecule has 0 atom stereocenters. The van der Waals surface area contributed by atoms with Crippen molar-refractivity contribution in [2.75, 3.05) is 13.2 Å². The highest BCUT2D eigenvalue weighted by Gasteiger charge is 2.15. The summed E-state index contributed by atoms with van der Waals surface area (Å²) in [5, 5.41) is 24.5. The van der Waals surface area contributed by atoms with Gasteiger partial charge in [-0.2, -0.15) is 5.26 Å². The zero-order valence-electron chi connectivity index (χ0n) is 21.1. The number of fused-ring (bicyclic) bond motifs is 1. The summed E-state index contributed by atoms with van der Waals surface area (Å²) >= 11 is 2.11. The van der Waals surface area contributed by atoms with Crippen LogP contribution >= 0.6 is 22.6 Å². The van der Waals surface area contributed by atoms with Crippen molar-refractivity contribution in [3.05, 3.63) is 103 Å². The van der Waals surface area contributed by atoms with E-state index in [1.807, 2.05) is 43.5 Å². The molecule has 1 heterocycles. The first kappa shape index (κ1) is 27.7. The van der Waals surface area contributed by atoms with Crippen LogP contribution in [0.1, 0.15) is 23.6 Å². The first-order chi connectivity index (χ1) is 18.9. The molecule has 0 saturated carbocycles. The molecule has 10 heteroatoms. The maximum absolute atomic E-state index is 12.7. The van der Waals surface area contributed by atoms with Gasteiger partial charge in [0.25, 0.3) is 11.6 Å². The third-order valence-electron chi connectivity index (χ3n) is 5.89. The Hall–Kier alpha value is -4.37. The summed E-state index contributed by atoms with van der Waals surface area (Å²) in [7, 11) is 0. The molecule has 0 saturated heterocycles. The molecule has 9 nitrogen and oxygen atoms in total. The van der Waals surface area contributed by atoms with Crippen LogP contribution in [0.4, 0.5) is 5.69 Å². The van der Waals surface area contributed by atoms with Crippen molar-refractivity contribution >= 4 is 51.2 Å². The van der Waals surface area contributed by atoms with E-state index >= 15 is 0 Å². The van der Waals surface area contributed by atoms with Gasteiger partial charge in [0.1, 0.15) is 18.2 Å². The number of rotatable bonds is 11. The molecule has 0 radical (unpaired) electrons. The number of nitrogens with zero attached hydrogens (tertiary/aromatic N) is 2. The fraction of sp³-hybridized carbons (Fsp3) is 0.172. The largest absolute Gasteiger partial charge is 0.490 e. The number of ether oxygens (including phenoxy) is 2. The molecule has 0 spiro atoms. The van der Waals surface area contributed by atoms with Crippen LogP contribution in [-0.4, -0.2) is 29.0 Å². The molecular weight excluding hydrogens is 611 g/mol. The van der Waals surface area contributed by atoms with E-state index in [2.05, 4.69) is 32.9 Å². The van der Waals surface area contributed by atoms with E-state index in [0.29, 0.717) is 36.6 Å². The summed E-state index contributed by atoms with van der Waals surface area (Å²) in [6.45, 7) is 2.80. The molecule has 0 aliphatic rings. The van der Waals surface area contributed by atoms with Crippen LogP contribution in [0.3, 0.4) is 0 Å². The number of para-hydroxylation sites is 1. The van der Waals surface area contributed by atoms with Crippen molar-refractivity contribution in [3.63, 3.8) is 0 Å². The van der Waals surface area contributed by atoms with E-state index in [0.717, 1.165) is 25.6 Å². The highest BCUT2D eigenvalue weighted by molar-refractivity contribution is 14.1. The summed E-state index contributed by atoms with van der Waals surface area (Å²) in [5.74, 6) is 0.521. The molecule has 1 amide bonds. The summed E-state index contributed by atoms with van der Waals surface area (Å²) in [6, 6.07) is 19.6. The number of carbonyl (C=O) groups excluding carboxylic acids is 1. The Morgan fingerprint density at radius 3 is 2.67 bits per heavy atom. The van der Waals surface area contributed by atoms with Gasteiger partial charge in [0, 0.05) is 35.8 Å². The fourth-order valence-corrected chi connectivity index (χ4v) is 4.78. The predicted molar refractivity (Wildman–Crippen MR) is 156 cm³/mol. The zero-order chi connectivity index (χ0) is 27.8. The van der Waals surface area contributed by atoms with Crippen LogP contribution in [0, 0.1) is 25.0 Å². The molecule has 4 aromatic rings. The van der Waals surface area contributed by atoms with Crippen molar-refractivity contribution in [3.8, 4) is 17.6 Å². The number of nitro benzene ring substituents is 1. The second-order valence-electron chi connectivity index (χ2n) is 8.51. The quantitative estimate of drug-likeness (QED) is 0.0691. The van der Waals surface area contributed by atoms with Gasteiger partial charge in [-0.05, 0) is 89.0 Å². The monoisotopic (exact) mass is 636 g/mol. The zero-order valence-corrected chi connectivity index (χ0v) is 23.2. The molecule has 198 valence electrons. The Balaban J connectivity index is 1.45. The minimum Gasteiger partial charge on any atom is -0.490 e. The number of hydrogen-bond acceptors (Lipinski definition) is 6. The molecule has 0 bridgehead atoms. The maximum atomic E-state index is 12.7. The lowest BCUT2D eigenvalue weighted by Crippen LogP contribution is -2.26. The average Bonchev–Trinajstić information content (AvgIpc) is 3.34. The van der Waals surface area contributed by atoms with E-state index in [9.17, 15) is 20.2 Å². The number of hydrogen-bond donors (Lipinski definition) is 2. The van der Waals surface area contributed by atoms with Gasteiger partial charge in [0.15, 0.2) is 11.5 Å². The van der Waals surface area contributed by atoms with Crippen LogP contribution in [0.15, 0.2) is 72.4 Å². The summed E-state index contributed by atoms with van der Waals surface area (Å²) < 4.78 is 12.5. The number of nitrogens with one attached hydrogen (secondary N) is 2. The van der Waals surface area contributed by atoms with Crippen LogP contribution in [0.5, 0.6) is 11.5 Å². The van der Waals surface area contributed by atoms with Crippen molar-refractivity contribution in [2.24, 2.45) is 0 Å². The van der Waals surface area contributed by atoms with Gasteiger partial charge in [-0.1, -0.05) is 18.2 Å². The number of nitriles is 1. The first-order valence-electron chi connectivity index (χ1n) is 12.2. The molecule has 0 aliphatic carbocycles. The molecule has 39 heavy (non-hydrogen) atoms. The average molecular weight is 636 g/mol. The Bertz CT molecular complexity index is 1570. The van der Waals surface area contributed by atoms with Gasteiger partial charge in [0.05, 0.1) is 15.1 Å². The smallest absolute Gasteiger partial charge is 0.269 e. The first-order valence-corrected chi connectivity index (χ1v) is 13.2. The van der Waals surface area contributed by atoms with E-state index in [-0.39, 0.29) is 17.9 Å². The molecular formula is C29H25IN4O5. The lowest BCUT2D eigenvalue weighted by Gasteiger charge is -2.15. The lowest BCUT2D eigenvalue weighted by molar-refractivity contribution is -0.384. The van der Waals surface area contributed by atoms with Crippen LogP contribution in [0.2, 0.25) is 0 Å². The molecule has 4 rings (SSSR count). The second-order valence-corrected chi connectivity index (χ2v) is 9.67. The topological polar surface area (TPSA) is 130 Å². The summed E-state index contributed by atoms with van der Waals surface area (Å²) in [5.41, 5.74) is 3.50. The van der Waals surface area contributed by atoms with Gasteiger partial charge in [-0.15, -0.1) is 0 Å². The Morgan fingerprint density at radius 2 is 1.95 bits per heavy atom. The summed E-state index contributed by atoms with van der Waals surface area (Å²) in [4.78, 5) is 26.4. The van der Waals surface area contributed by atoms with E-state index < -0.39 is 10.8 Å². The van der Waals surface area contributed by atoms with E-state index in [1.54, 1.807) is 24.3 Å². The number of nitro groups is 1. The standard InChI is InChI=1S/C29H25IN4O5/c1-2-38-27-15-20(14-25(30)28(27)39-18-19-7-9-23(10-8-19)34(36)37)13-22(16-31)29(35)32-12-11-21-17-33-26-6-4-3-5-24(21)26/h3-10,13-15,17,33H,2,11-12,18H2,1H3,(H,32,35)/b22-13-. The number of carbonyl (C=O) groups is 1. The van der Waals surface area contributed by atoms with Crippen molar-refractivity contribution in [1.82, 2.24) is 10.3 Å². The van der Waals surface area contributed by atoms with Gasteiger partial charge >= 0.3 is 0 Å². The van der Waals surface area contributed by atoms with Gasteiger partial charge in [-0.25, -0.2) is 0 Å². The molecule has 2 N–H and O–H groups in total. The highest BCUT2D eigenvalue weighted by atomic mass is 127. The van der Waals surface area contributed by atoms with Crippen LogP contribution in [-0.2, 0) is 17.8 Å². The third kappa shape index (κ3) is 6.94. The van der Waals surface area contributed by atoms with Gasteiger partial charge < -0.3 is 19.8 Å². The maximum Gasteiger partial charge on any atom is 0.269 e. The van der Waals surface area contributed by atoms with E-state index in [1.165, 1.54) is 18.2 Å². The molecule has 0 fully saturated rings. The van der Waals surface area contributed by atoms with Crippen molar-refractivity contribution < 1.29 is 19.2 Å². The van der Waals surface area contributed by atoms with Crippen molar-refractivity contribution in [2.45, 2.75) is 20.0 Å². The van der Waals surface area contributed by atoms with Crippen molar-refractivity contribution in [1.29, 1.82) is 5.26 Å². The van der Waals surface area contributed by atoms with E-state index in [4.69, 9.17) is 9.47 Å². The normalized spacial score (nSPS) is 11.2. The number of aromatic amines is 1. The number of non-ortho nitro benzene ring substituents is 1. The van der Waals surface area contributed by atoms with Crippen LogP contribution < -0.4 is 14.8 Å². The van der Waals surface area contributed by atoms with Gasteiger partial charge in [0.2, 0.25) is 0 Å². The molecule has 0 aliphatic heterocycles. The predicted octanol–water partition coefficient (Wildman–Crippen LogP) is 5.92. The summed E-state index contributed by atoms with van der Waals surface area (Å²) in [6.07, 6.45) is 4.08. The minimum absolute atomic E-state index is 0.00905. The SMILES string of the molecule is CCOc1cc(/C=C(/C#N)C(=O)NCCc2c[nH]c3ccccc23)cc(I)c1OCc1ccc([N+](=O)[O-])cc1. The lowest BCUT2D eigenvalue weighted by atomic mass is 10.1. The second kappa shape index (κ2) is 12.9.